The summed E-state index contributed by atoms with van der Waals surface area (Å²) in [4.78, 5) is 6.34. The zero-order valence-electron chi connectivity index (χ0n) is 15.3. The Bertz CT molecular complexity index is 755. The lowest BCUT2D eigenvalue weighted by atomic mass is 10.1. The van der Waals surface area contributed by atoms with Crippen molar-refractivity contribution in [3.63, 3.8) is 0 Å². The van der Waals surface area contributed by atoms with Crippen molar-refractivity contribution in [2.24, 2.45) is 10.9 Å². The van der Waals surface area contributed by atoms with E-state index in [4.69, 9.17) is 0 Å². The van der Waals surface area contributed by atoms with Crippen LogP contribution in [-0.4, -0.2) is 32.6 Å². The van der Waals surface area contributed by atoms with Crippen molar-refractivity contribution in [2.75, 3.05) is 31.6 Å². The van der Waals surface area contributed by atoms with Crippen molar-refractivity contribution in [1.82, 2.24) is 10.6 Å². The lowest BCUT2D eigenvalue weighted by Crippen LogP contribution is -2.39. The first-order chi connectivity index (χ1) is 12.7. The van der Waals surface area contributed by atoms with Gasteiger partial charge in [0, 0.05) is 45.0 Å². The number of rotatable bonds is 5. The molecule has 1 aliphatic heterocycles. The van der Waals surface area contributed by atoms with Crippen molar-refractivity contribution >= 4 is 35.6 Å². The molecule has 0 saturated carbocycles. The molecule has 0 spiro atoms. The van der Waals surface area contributed by atoms with Gasteiger partial charge in [-0.1, -0.05) is 30.3 Å². The number of benzene rings is 2. The first-order valence-electron chi connectivity index (χ1n) is 8.84. The zero-order valence-corrected chi connectivity index (χ0v) is 17.6. The van der Waals surface area contributed by atoms with E-state index in [9.17, 15) is 8.78 Å². The molecule has 4 nitrogen and oxygen atoms in total. The lowest BCUT2D eigenvalue weighted by molar-refractivity contribution is 0.508. The molecule has 7 heteroatoms. The van der Waals surface area contributed by atoms with Gasteiger partial charge < -0.3 is 15.5 Å². The Hall–Kier alpha value is -1.90. The molecule has 1 heterocycles. The summed E-state index contributed by atoms with van der Waals surface area (Å²) in [6.45, 7) is 3.15. The van der Waals surface area contributed by atoms with Crippen LogP contribution >= 0.6 is 24.0 Å². The van der Waals surface area contributed by atoms with E-state index in [1.807, 2.05) is 18.2 Å². The highest BCUT2D eigenvalue weighted by Crippen LogP contribution is 2.24. The second-order valence-corrected chi connectivity index (χ2v) is 6.49. The Morgan fingerprint density at radius 1 is 1.11 bits per heavy atom. The number of nitrogens with zero attached hydrogens (tertiary/aromatic N) is 2. The molecule has 2 N–H and O–H groups in total. The van der Waals surface area contributed by atoms with Crippen molar-refractivity contribution in [2.45, 2.75) is 13.0 Å². The molecular weight excluding hydrogens is 461 g/mol. The maximum Gasteiger partial charge on any atom is 0.191 e. The molecule has 1 aliphatic rings. The van der Waals surface area contributed by atoms with E-state index in [1.54, 1.807) is 13.1 Å². The molecular formula is C20H25F2IN4. The molecule has 0 aliphatic carbocycles. The number of guanidine groups is 1. The predicted molar refractivity (Wildman–Crippen MR) is 117 cm³/mol. The summed E-state index contributed by atoms with van der Waals surface area (Å²) in [6.07, 6.45) is 1.00. The summed E-state index contributed by atoms with van der Waals surface area (Å²) in [5, 5.41) is 6.65. The predicted octanol–water partition coefficient (Wildman–Crippen LogP) is 3.77. The Labute approximate surface area is 176 Å². The van der Waals surface area contributed by atoms with Crippen LogP contribution in [0.1, 0.15) is 12.0 Å². The molecule has 2 aromatic rings. The number of hydrogen-bond acceptors (Lipinski definition) is 2. The molecule has 2 aromatic carbocycles. The average molecular weight is 486 g/mol. The minimum atomic E-state index is -0.806. The number of nitrogens with one attached hydrogen (secondary N) is 2. The standard InChI is InChI=1S/C20H24F2N4.HI/c1-23-20(24-12-15-5-3-2-4-6-15)25-13-16-9-10-26(14-16)17-7-8-18(21)19(22)11-17;/h2-8,11,16H,9-10,12-14H2,1H3,(H2,23,24,25);1H. The average Bonchev–Trinajstić information content (AvgIpc) is 3.14. The third-order valence-electron chi connectivity index (χ3n) is 4.64. The van der Waals surface area contributed by atoms with E-state index in [1.165, 1.54) is 17.7 Å². The fraction of sp³-hybridized carbons (Fsp3) is 0.350. The zero-order chi connectivity index (χ0) is 18.4. The number of anilines is 1. The smallest absolute Gasteiger partial charge is 0.191 e. The van der Waals surface area contributed by atoms with Crippen LogP contribution in [0.4, 0.5) is 14.5 Å². The quantitative estimate of drug-likeness (QED) is 0.384. The highest BCUT2D eigenvalue weighted by molar-refractivity contribution is 14.0. The van der Waals surface area contributed by atoms with E-state index in [-0.39, 0.29) is 24.0 Å². The molecule has 0 aromatic heterocycles. The summed E-state index contributed by atoms with van der Waals surface area (Å²) in [7, 11) is 1.75. The molecule has 1 saturated heterocycles. The monoisotopic (exact) mass is 486 g/mol. The van der Waals surface area contributed by atoms with Crippen LogP contribution < -0.4 is 15.5 Å². The summed E-state index contributed by atoms with van der Waals surface area (Å²) < 4.78 is 26.5. The van der Waals surface area contributed by atoms with E-state index >= 15 is 0 Å². The molecule has 0 radical (unpaired) electrons. The van der Waals surface area contributed by atoms with Gasteiger partial charge in [-0.25, -0.2) is 8.78 Å². The molecule has 1 fully saturated rings. The molecule has 146 valence electrons. The van der Waals surface area contributed by atoms with Gasteiger partial charge in [0.05, 0.1) is 0 Å². The third kappa shape index (κ3) is 6.05. The summed E-state index contributed by atoms with van der Waals surface area (Å²) in [5.74, 6) is -0.410. The van der Waals surface area contributed by atoms with Crippen molar-refractivity contribution in [3.05, 3.63) is 65.7 Å². The van der Waals surface area contributed by atoms with Gasteiger partial charge in [-0.05, 0) is 30.0 Å². The van der Waals surface area contributed by atoms with Crippen LogP contribution in [-0.2, 0) is 6.54 Å². The van der Waals surface area contributed by atoms with Gasteiger partial charge in [-0.3, -0.25) is 4.99 Å². The van der Waals surface area contributed by atoms with Gasteiger partial charge in [-0.2, -0.15) is 0 Å². The molecule has 27 heavy (non-hydrogen) atoms. The van der Waals surface area contributed by atoms with Gasteiger partial charge in [0.25, 0.3) is 0 Å². The normalized spacial score (nSPS) is 16.8. The van der Waals surface area contributed by atoms with Crippen LogP contribution in [0.5, 0.6) is 0 Å². The van der Waals surface area contributed by atoms with Gasteiger partial charge in [-0.15, -0.1) is 24.0 Å². The minimum absolute atomic E-state index is 0. The van der Waals surface area contributed by atoms with Crippen molar-refractivity contribution < 1.29 is 8.78 Å². The van der Waals surface area contributed by atoms with Crippen LogP contribution in [0.15, 0.2) is 53.5 Å². The minimum Gasteiger partial charge on any atom is -0.371 e. The topological polar surface area (TPSA) is 39.7 Å². The largest absolute Gasteiger partial charge is 0.371 e. The first kappa shape index (κ1) is 21.4. The van der Waals surface area contributed by atoms with E-state index in [0.717, 1.165) is 37.7 Å². The summed E-state index contributed by atoms with van der Waals surface area (Å²) in [5.41, 5.74) is 1.93. The van der Waals surface area contributed by atoms with E-state index < -0.39 is 11.6 Å². The fourth-order valence-corrected chi connectivity index (χ4v) is 3.16. The van der Waals surface area contributed by atoms with Gasteiger partial charge in [0.2, 0.25) is 0 Å². The van der Waals surface area contributed by atoms with Gasteiger partial charge in [0.15, 0.2) is 17.6 Å². The fourth-order valence-electron chi connectivity index (χ4n) is 3.16. The Morgan fingerprint density at radius 3 is 2.59 bits per heavy atom. The van der Waals surface area contributed by atoms with E-state index in [0.29, 0.717) is 12.5 Å². The molecule has 1 atom stereocenters. The van der Waals surface area contributed by atoms with Crippen LogP contribution in [0, 0.1) is 17.6 Å². The lowest BCUT2D eigenvalue weighted by Gasteiger charge is -2.19. The molecule has 0 bridgehead atoms. The van der Waals surface area contributed by atoms with Crippen molar-refractivity contribution in [3.8, 4) is 0 Å². The Kier molecular flexibility index (Phi) is 8.27. The van der Waals surface area contributed by atoms with Crippen LogP contribution in [0.2, 0.25) is 0 Å². The van der Waals surface area contributed by atoms with Crippen LogP contribution in [0.25, 0.3) is 0 Å². The SMILES string of the molecule is CN=C(NCc1ccccc1)NCC1CCN(c2ccc(F)c(F)c2)C1.I. The van der Waals surface area contributed by atoms with Crippen LogP contribution in [0.3, 0.4) is 0 Å². The first-order valence-corrected chi connectivity index (χ1v) is 8.84. The Balaban J connectivity index is 0.00000261. The molecule has 3 rings (SSSR count). The van der Waals surface area contributed by atoms with E-state index in [2.05, 4.69) is 32.7 Å². The maximum atomic E-state index is 13.4. The highest BCUT2D eigenvalue weighted by atomic mass is 127. The maximum absolute atomic E-state index is 13.4. The second kappa shape index (κ2) is 10.4. The number of halogens is 3. The van der Waals surface area contributed by atoms with Crippen molar-refractivity contribution in [1.29, 1.82) is 0 Å². The Morgan fingerprint density at radius 2 is 1.89 bits per heavy atom. The second-order valence-electron chi connectivity index (χ2n) is 6.49. The molecule has 1 unspecified atom stereocenters. The van der Waals surface area contributed by atoms with Gasteiger partial charge in [0.1, 0.15) is 0 Å². The highest BCUT2D eigenvalue weighted by Gasteiger charge is 2.23. The summed E-state index contributed by atoms with van der Waals surface area (Å²) >= 11 is 0. The number of aliphatic imine (C=N–C) groups is 1. The third-order valence-corrected chi connectivity index (χ3v) is 4.64. The van der Waals surface area contributed by atoms with Gasteiger partial charge >= 0.3 is 0 Å². The molecule has 0 amide bonds. The number of hydrogen-bond donors (Lipinski definition) is 2. The summed E-state index contributed by atoms with van der Waals surface area (Å²) in [6, 6.07) is 14.2.